The number of pyridine rings is 1. The number of nitrogens with zero attached hydrogens (tertiary/aromatic N) is 2. The molecule has 0 fully saturated rings. The zero-order valence-electron chi connectivity index (χ0n) is 5.33. The molecule has 0 saturated heterocycles. The van der Waals surface area contributed by atoms with Crippen molar-refractivity contribution in [1.82, 2.24) is 4.98 Å². The van der Waals surface area contributed by atoms with E-state index < -0.39 is 0 Å². The quantitative estimate of drug-likeness (QED) is 0.320. The van der Waals surface area contributed by atoms with E-state index in [1.165, 1.54) is 12.4 Å². The highest BCUT2D eigenvalue weighted by atomic mass is 35.5. The van der Waals surface area contributed by atoms with Gasteiger partial charge in [0, 0.05) is 11.8 Å². The van der Waals surface area contributed by atoms with Gasteiger partial charge in [0.05, 0.1) is 11.2 Å². The Bertz CT molecular complexity index is 288. The van der Waals surface area contributed by atoms with Crippen LogP contribution in [0.15, 0.2) is 17.4 Å². The largest absolute Gasteiger partial charge is 0.411 e. The molecule has 11 heavy (non-hydrogen) atoms. The van der Waals surface area contributed by atoms with Gasteiger partial charge >= 0.3 is 0 Å². The van der Waals surface area contributed by atoms with Crippen LogP contribution >= 0.6 is 23.2 Å². The third kappa shape index (κ3) is 2.06. The lowest BCUT2D eigenvalue weighted by Gasteiger charge is -1.94. The second kappa shape index (κ2) is 3.55. The molecule has 0 aliphatic carbocycles. The molecule has 1 aromatic rings. The van der Waals surface area contributed by atoms with E-state index in [-0.39, 0.29) is 5.15 Å². The standard InChI is InChI=1S/C6H4Cl2N2O/c7-5-1-4(3-10-11)2-9-6(5)8/h1-3,11H/b10-3-. The van der Waals surface area contributed by atoms with Crippen molar-refractivity contribution in [2.24, 2.45) is 5.16 Å². The molecule has 1 aromatic heterocycles. The van der Waals surface area contributed by atoms with E-state index in [1.807, 2.05) is 0 Å². The maximum absolute atomic E-state index is 8.15. The highest BCUT2D eigenvalue weighted by Gasteiger charge is 1.97. The summed E-state index contributed by atoms with van der Waals surface area (Å²) in [6.45, 7) is 0. The van der Waals surface area contributed by atoms with Crippen molar-refractivity contribution in [3.05, 3.63) is 28.0 Å². The first kappa shape index (κ1) is 8.30. The lowest BCUT2D eigenvalue weighted by atomic mass is 10.3. The Morgan fingerprint density at radius 2 is 2.27 bits per heavy atom. The van der Waals surface area contributed by atoms with Crippen molar-refractivity contribution in [3.63, 3.8) is 0 Å². The number of aromatic nitrogens is 1. The van der Waals surface area contributed by atoms with Crippen molar-refractivity contribution in [2.75, 3.05) is 0 Å². The molecule has 0 aliphatic heterocycles. The van der Waals surface area contributed by atoms with Gasteiger partial charge in [0.25, 0.3) is 0 Å². The SMILES string of the molecule is O/N=C\c1cnc(Cl)c(Cl)c1. The van der Waals surface area contributed by atoms with Gasteiger partial charge < -0.3 is 5.21 Å². The molecule has 0 bridgehead atoms. The lowest BCUT2D eigenvalue weighted by molar-refractivity contribution is 0.322. The van der Waals surface area contributed by atoms with Crippen LogP contribution in [0, 0.1) is 0 Å². The van der Waals surface area contributed by atoms with E-state index in [1.54, 1.807) is 6.07 Å². The summed E-state index contributed by atoms with van der Waals surface area (Å²) < 4.78 is 0. The maximum Gasteiger partial charge on any atom is 0.147 e. The zero-order valence-corrected chi connectivity index (χ0v) is 6.84. The van der Waals surface area contributed by atoms with E-state index in [4.69, 9.17) is 28.4 Å². The van der Waals surface area contributed by atoms with Gasteiger partial charge in [-0.3, -0.25) is 0 Å². The number of rotatable bonds is 1. The number of hydrogen-bond acceptors (Lipinski definition) is 3. The average Bonchev–Trinajstić information content (AvgIpc) is 1.98. The molecular formula is C6H4Cl2N2O. The molecule has 5 heteroatoms. The van der Waals surface area contributed by atoms with E-state index >= 15 is 0 Å². The van der Waals surface area contributed by atoms with Gasteiger partial charge in [-0.15, -0.1) is 0 Å². The first-order valence-electron chi connectivity index (χ1n) is 2.72. The summed E-state index contributed by atoms with van der Waals surface area (Å²) in [7, 11) is 0. The normalized spacial score (nSPS) is 10.7. The molecule has 0 radical (unpaired) electrons. The Hall–Kier alpha value is -0.800. The summed E-state index contributed by atoms with van der Waals surface area (Å²) in [6, 6.07) is 1.55. The van der Waals surface area contributed by atoms with Crippen LogP contribution in [-0.4, -0.2) is 16.4 Å². The smallest absolute Gasteiger partial charge is 0.147 e. The second-order valence-electron chi connectivity index (χ2n) is 1.79. The van der Waals surface area contributed by atoms with Crippen LogP contribution < -0.4 is 0 Å². The van der Waals surface area contributed by atoms with Gasteiger partial charge in [-0.25, -0.2) is 4.98 Å². The summed E-state index contributed by atoms with van der Waals surface area (Å²) in [5.74, 6) is 0. The van der Waals surface area contributed by atoms with Gasteiger partial charge in [0.15, 0.2) is 0 Å². The Balaban J connectivity index is 3.05. The van der Waals surface area contributed by atoms with Crippen molar-refractivity contribution in [1.29, 1.82) is 0 Å². The van der Waals surface area contributed by atoms with Crippen molar-refractivity contribution < 1.29 is 5.21 Å². The summed E-state index contributed by atoms with van der Waals surface area (Å²) in [5.41, 5.74) is 0.599. The Kier molecular flexibility index (Phi) is 2.68. The molecule has 0 atom stereocenters. The highest BCUT2D eigenvalue weighted by molar-refractivity contribution is 6.41. The van der Waals surface area contributed by atoms with E-state index in [0.29, 0.717) is 10.6 Å². The van der Waals surface area contributed by atoms with Crippen LogP contribution in [0.3, 0.4) is 0 Å². The van der Waals surface area contributed by atoms with Crippen LogP contribution in [0.5, 0.6) is 0 Å². The summed E-state index contributed by atoms with van der Waals surface area (Å²) >= 11 is 11.1. The Morgan fingerprint density at radius 3 is 2.82 bits per heavy atom. The maximum atomic E-state index is 8.15. The van der Waals surface area contributed by atoms with Gasteiger partial charge in [-0.1, -0.05) is 28.4 Å². The van der Waals surface area contributed by atoms with E-state index in [0.717, 1.165) is 0 Å². The molecule has 1 heterocycles. The van der Waals surface area contributed by atoms with E-state index in [2.05, 4.69) is 10.1 Å². The predicted molar refractivity (Wildman–Crippen MR) is 43.6 cm³/mol. The molecule has 1 N–H and O–H groups in total. The molecule has 0 aliphatic rings. The lowest BCUT2D eigenvalue weighted by Crippen LogP contribution is -1.84. The van der Waals surface area contributed by atoms with Crippen LogP contribution in [-0.2, 0) is 0 Å². The summed E-state index contributed by atoms with van der Waals surface area (Å²) in [6.07, 6.45) is 2.67. The molecule has 0 saturated carbocycles. The molecule has 3 nitrogen and oxygen atoms in total. The number of oxime groups is 1. The fourth-order valence-electron chi connectivity index (χ4n) is 0.573. The van der Waals surface area contributed by atoms with Gasteiger partial charge in [-0.2, -0.15) is 0 Å². The first-order chi connectivity index (χ1) is 5.24. The highest BCUT2D eigenvalue weighted by Crippen LogP contribution is 2.18. The topological polar surface area (TPSA) is 45.5 Å². The van der Waals surface area contributed by atoms with Crippen molar-refractivity contribution in [3.8, 4) is 0 Å². The van der Waals surface area contributed by atoms with Gasteiger partial charge in [-0.05, 0) is 6.07 Å². The first-order valence-corrected chi connectivity index (χ1v) is 3.48. The third-order valence-corrected chi connectivity index (χ3v) is 1.71. The fourth-order valence-corrected chi connectivity index (χ4v) is 0.851. The van der Waals surface area contributed by atoms with Gasteiger partial charge in [0.1, 0.15) is 5.15 Å². The van der Waals surface area contributed by atoms with Crippen molar-refractivity contribution in [2.45, 2.75) is 0 Å². The summed E-state index contributed by atoms with van der Waals surface area (Å²) in [4.78, 5) is 3.73. The van der Waals surface area contributed by atoms with Crippen LogP contribution in [0.4, 0.5) is 0 Å². The Morgan fingerprint density at radius 1 is 1.55 bits per heavy atom. The molecule has 0 amide bonds. The zero-order chi connectivity index (χ0) is 8.27. The molecule has 58 valence electrons. The van der Waals surface area contributed by atoms with Crippen LogP contribution in [0.2, 0.25) is 10.2 Å². The number of hydrogen-bond donors (Lipinski definition) is 1. The predicted octanol–water partition coefficient (Wildman–Crippen LogP) is 2.20. The van der Waals surface area contributed by atoms with Crippen LogP contribution in [0.1, 0.15) is 5.56 Å². The average molecular weight is 191 g/mol. The van der Waals surface area contributed by atoms with Gasteiger partial charge in [0.2, 0.25) is 0 Å². The minimum Gasteiger partial charge on any atom is -0.411 e. The summed E-state index contributed by atoms with van der Waals surface area (Å²) in [5, 5.41) is 11.5. The minimum absolute atomic E-state index is 0.238. The molecule has 0 aromatic carbocycles. The molecular weight excluding hydrogens is 187 g/mol. The molecule has 0 spiro atoms. The Labute approximate surface area is 73.3 Å². The van der Waals surface area contributed by atoms with Crippen molar-refractivity contribution >= 4 is 29.4 Å². The minimum atomic E-state index is 0.238. The van der Waals surface area contributed by atoms with E-state index in [9.17, 15) is 0 Å². The fraction of sp³-hybridized carbons (Fsp3) is 0. The molecule has 0 unspecified atom stereocenters. The third-order valence-electron chi connectivity index (χ3n) is 1.02. The second-order valence-corrected chi connectivity index (χ2v) is 2.55. The number of halogens is 2. The molecule has 1 rings (SSSR count). The van der Waals surface area contributed by atoms with Crippen LogP contribution in [0.25, 0.3) is 0 Å². The monoisotopic (exact) mass is 190 g/mol.